The molecule has 0 fully saturated rings. The third-order valence-electron chi connectivity index (χ3n) is 3.80. The lowest BCUT2D eigenvalue weighted by Gasteiger charge is -2.15. The number of nitrogens with one attached hydrogen (secondary N) is 2. The van der Waals surface area contributed by atoms with Gasteiger partial charge in [0.15, 0.2) is 12.7 Å². The van der Waals surface area contributed by atoms with Crippen molar-refractivity contribution in [2.45, 2.75) is 32.8 Å². The van der Waals surface area contributed by atoms with Crippen LogP contribution in [0.5, 0.6) is 11.5 Å². The van der Waals surface area contributed by atoms with Crippen molar-refractivity contribution in [1.82, 2.24) is 10.9 Å². The summed E-state index contributed by atoms with van der Waals surface area (Å²) < 4.78 is 11.7. The molecule has 0 spiro atoms. The monoisotopic (exact) mass is 468 g/mol. The molecule has 150 valence electrons. The minimum atomic E-state index is -0.805. The fourth-order valence-electron chi connectivity index (χ4n) is 2.18. The first-order chi connectivity index (χ1) is 13.3. The van der Waals surface area contributed by atoms with E-state index in [2.05, 4.69) is 40.6 Å². The smallest absolute Gasteiger partial charge is 0.279 e. The Bertz CT molecular complexity index is 827. The fraction of sp³-hybridized carbons (Fsp3) is 0.300. The second-order valence-corrected chi connectivity index (χ2v) is 7.68. The number of rotatable bonds is 7. The predicted octanol–water partition coefficient (Wildman–Crippen LogP) is 4.22. The predicted molar refractivity (Wildman–Crippen MR) is 112 cm³/mol. The lowest BCUT2D eigenvalue weighted by atomic mass is 10.0. The van der Waals surface area contributed by atoms with Crippen molar-refractivity contribution >= 4 is 39.3 Å². The molecule has 28 heavy (non-hydrogen) atoms. The Balaban J connectivity index is 1.77. The molecule has 1 atom stereocenters. The molecule has 0 aliphatic rings. The van der Waals surface area contributed by atoms with Gasteiger partial charge in [0.25, 0.3) is 11.8 Å². The van der Waals surface area contributed by atoms with Crippen LogP contribution in [-0.4, -0.2) is 24.5 Å². The maximum atomic E-state index is 12.0. The van der Waals surface area contributed by atoms with Gasteiger partial charge in [-0.2, -0.15) is 0 Å². The third-order valence-corrected chi connectivity index (χ3v) is 4.67. The lowest BCUT2D eigenvalue weighted by molar-refractivity contribution is -0.133. The van der Waals surface area contributed by atoms with E-state index in [-0.39, 0.29) is 6.61 Å². The van der Waals surface area contributed by atoms with Gasteiger partial charge in [0.1, 0.15) is 11.5 Å². The summed E-state index contributed by atoms with van der Waals surface area (Å²) in [5, 5.41) is 0.571. The lowest BCUT2D eigenvalue weighted by Crippen LogP contribution is -2.48. The Kier molecular flexibility index (Phi) is 8.14. The van der Waals surface area contributed by atoms with E-state index >= 15 is 0 Å². The van der Waals surface area contributed by atoms with Crippen LogP contribution in [0.4, 0.5) is 0 Å². The van der Waals surface area contributed by atoms with Crippen molar-refractivity contribution in [1.29, 1.82) is 0 Å². The highest BCUT2D eigenvalue weighted by Gasteiger charge is 2.16. The molecule has 2 aromatic carbocycles. The molecule has 2 rings (SSSR count). The van der Waals surface area contributed by atoms with Crippen LogP contribution in [0.25, 0.3) is 0 Å². The maximum Gasteiger partial charge on any atom is 0.279 e. The highest BCUT2D eigenvalue weighted by atomic mass is 79.9. The van der Waals surface area contributed by atoms with Gasteiger partial charge in [0, 0.05) is 5.02 Å². The number of hydrogen-bond acceptors (Lipinski definition) is 4. The first kappa shape index (κ1) is 22.0. The summed E-state index contributed by atoms with van der Waals surface area (Å²) in [4.78, 5) is 23.9. The quantitative estimate of drug-likeness (QED) is 0.595. The molecule has 0 saturated carbocycles. The Morgan fingerprint density at radius 2 is 1.75 bits per heavy atom. The van der Waals surface area contributed by atoms with Gasteiger partial charge in [-0.3, -0.25) is 20.4 Å². The number of hydrazine groups is 1. The second kappa shape index (κ2) is 10.3. The molecule has 2 aromatic rings. The molecule has 1 unspecified atom stereocenters. The Morgan fingerprint density at radius 3 is 2.36 bits per heavy atom. The van der Waals surface area contributed by atoms with E-state index < -0.39 is 17.9 Å². The summed E-state index contributed by atoms with van der Waals surface area (Å²) in [7, 11) is 0. The fourth-order valence-corrected chi connectivity index (χ4v) is 2.81. The van der Waals surface area contributed by atoms with Gasteiger partial charge in [-0.1, -0.05) is 31.5 Å². The normalized spacial score (nSPS) is 11.6. The molecule has 0 radical (unpaired) electrons. The molecule has 0 heterocycles. The van der Waals surface area contributed by atoms with Crippen LogP contribution in [0.3, 0.4) is 0 Å². The van der Waals surface area contributed by atoms with Crippen LogP contribution in [0.15, 0.2) is 46.9 Å². The highest BCUT2D eigenvalue weighted by Crippen LogP contribution is 2.28. The van der Waals surface area contributed by atoms with Gasteiger partial charge >= 0.3 is 0 Å². The molecule has 2 amide bonds. The van der Waals surface area contributed by atoms with E-state index in [0.717, 1.165) is 10.0 Å². The van der Waals surface area contributed by atoms with Gasteiger partial charge in [-0.15, -0.1) is 0 Å². The number of amides is 2. The van der Waals surface area contributed by atoms with Gasteiger partial charge in [0.2, 0.25) is 0 Å². The molecule has 2 N–H and O–H groups in total. The molecule has 8 heteroatoms. The zero-order valence-corrected chi connectivity index (χ0v) is 18.1. The van der Waals surface area contributed by atoms with Crippen LogP contribution in [0, 0.1) is 0 Å². The Labute approximate surface area is 177 Å². The molecule has 0 aliphatic carbocycles. The molecule has 0 bridgehead atoms. The number of halogens is 2. The van der Waals surface area contributed by atoms with E-state index in [0.29, 0.717) is 22.4 Å². The Morgan fingerprint density at radius 1 is 1.07 bits per heavy atom. The molecular formula is C20H22BrClN2O4. The van der Waals surface area contributed by atoms with Gasteiger partial charge < -0.3 is 9.47 Å². The van der Waals surface area contributed by atoms with E-state index in [9.17, 15) is 9.59 Å². The van der Waals surface area contributed by atoms with Crippen molar-refractivity contribution in [3.8, 4) is 11.5 Å². The minimum Gasteiger partial charge on any atom is -0.483 e. The van der Waals surface area contributed by atoms with E-state index in [1.54, 1.807) is 37.3 Å². The van der Waals surface area contributed by atoms with Crippen LogP contribution >= 0.6 is 27.5 Å². The van der Waals surface area contributed by atoms with Crippen molar-refractivity contribution in [3.05, 3.63) is 57.5 Å². The highest BCUT2D eigenvalue weighted by molar-refractivity contribution is 9.10. The largest absolute Gasteiger partial charge is 0.483 e. The molecule has 0 aromatic heterocycles. The zero-order valence-electron chi connectivity index (χ0n) is 15.8. The summed E-state index contributed by atoms with van der Waals surface area (Å²) in [6.07, 6.45) is -0.805. The number of benzene rings is 2. The van der Waals surface area contributed by atoms with Gasteiger partial charge in [0.05, 0.1) is 4.47 Å². The second-order valence-electron chi connectivity index (χ2n) is 6.38. The first-order valence-electron chi connectivity index (χ1n) is 8.69. The summed E-state index contributed by atoms with van der Waals surface area (Å²) in [5.41, 5.74) is 5.76. The summed E-state index contributed by atoms with van der Waals surface area (Å²) >= 11 is 9.23. The molecule has 0 saturated heterocycles. The molecule has 6 nitrogen and oxygen atoms in total. The number of carbonyl (C=O) groups excluding carboxylic acids is 2. The molecule has 0 aliphatic heterocycles. The van der Waals surface area contributed by atoms with Crippen LogP contribution in [0.2, 0.25) is 5.02 Å². The van der Waals surface area contributed by atoms with Crippen molar-refractivity contribution in [3.63, 3.8) is 0 Å². The van der Waals surface area contributed by atoms with Crippen LogP contribution in [0.1, 0.15) is 32.3 Å². The average molecular weight is 470 g/mol. The first-order valence-corrected chi connectivity index (χ1v) is 9.86. The van der Waals surface area contributed by atoms with E-state index in [4.69, 9.17) is 21.1 Å². The minimum absolute atomic E-state index is 0.244. The SMILES string of the molecule is CC(Oc1ccc(Cl)cc1)C(=O)NNC(=O)COc1ccc(C(C)C)cc1Br. The Hall–Kier alpha value is -2.25. The van der Waals surface area contributed by atoms with Gasteiger partial charge in [-0.25, -0.2) is 0 Å². The third kappa shape index (κ3) is 6.73. The average Bonchev–Trinajstić information content (AvgIpc) is 2.66. The van der Waals surface area contributed by atoms with Crippen LogP contribution in [-0.2, 0) is 9.59 Å². The summed E-state index contributed by atoms with van der Waals surface area (Å²) in [5.74, 6) is 0.445. The van der Waals surface area contributed by atoms with Gasteiger partial charge in [-0.05, 0) is 70.7 Å². The van der Waals surface area contributed by atoms with Crippen molar-refractivity contribution in [2.75, 3.05) is 6.61 Å². The van der Waals surface area contributed by atoms with E-state index in [1.807, 2.05) is 12.1 Å². The maximum absolute atomic E-state index is 12.0. The summed E-state index contributed by atoms with van der Waals surface area (Å²) in [6, 6.07) is 12.3. The number of ether oxygens (including phenoxy) is 2. The zero-order chi connectivity index (χ0) is 20.7. The molecular weight excluding hydrogens is 448 g/mol. The van der Waals surface area contributed by atoms with Crippen molar-refractivity contribution < 1.29 is 19.1 Å². The number of carbonyl (C=O) groups is 2. The number of hydrogen-bond donors (Lipinski definition) is 2. The van der Waals surface area contributed by atoms with Crippen LogP contribution < -0.4 is 20.3 Å². The van der Waals surface area contributed by atoms with E-state index in [1.165, 1.54) is 0 Å². The standard InChI is InChI=1S/C20H22BrClN2O4/c1-12(2)14-4-9-18(17(21)10-14)27-11-19(25)23-24-20(26)13(3)28-16-7-5-15(22)6-8-16/h4-10,12-13H,11H2,1-3H3,(H,23,25)(H,24,26). The topological polar surface area (TPSA) is 76.7 Å². The van der Waals surface area contributed by atoms with Crippen molar-refractivity contribution in [2.24, 2.45) is 0 Å². The summed E-state index contributed by atoms with van der Waals surface area (Å²) in [6.45, 7) is 5.51.